The van der Waals surface area contributed by atoms with E-state index >= 15 is 0 Å². The topological polar surface area (TPSA) is 117 Å². The molecule has 0 saturated carbocycles. The first kappa shape index (κ1) is 23.8. The molecule has 8 nitrogen and oxygen atoms in total. The maximum Gasteiger partial charge on any atom is 0.407 e. The Morgan fingerprint density at radius 1 is 1.37 bits per heavy atom. The van der Waals surface area contributed by atoms with Crippen molar-refractivity contribution in [2.24, 2.45) is 5.92 Å². The Bertz CT molecular complexity index is 923. The fourth-order valence-corrected chi connectivity index (χ4v) is 4.79. The number of aldehydes is 1. The number of ether oxygens (including phenoxy) is 1. The number of alkyl carbamates (subject to hydrolysis) is 1. The van der Waals surface area contributed by atoms with E-state index in [0.717, 1.165) is 6.29 Å². The fraction of sp³-hybridized carbons (Fsp3) is 0.571. The lowest BCUT2D eigenvalue weighted by molar-refractivity contribution is -0.110. The molecule has 2 rings (SSSR count). The molecule has 1 aliphatic heterocycles. The van der Waals surface area contributed by atoms with Crippen LogP contribution in [-0.4, -0.2) is 49.8 Å². The second-order valence-corrected chi connectivity index (χ2v) is 10.5. The lowest BCUT2D eigenvalue weighted by atomic mass is 9.98. The summed E-state index contributed by atoms with van der Waals surface area (Å²) in [6, 6.07) is 6.28. The summed E-state index contributed by atoms with van der Waals surface area (Å²) >= 11 is 0. The summed E-state index contributed by atoms with van der Waals surface area (Å²) in [6.45, 7) is 7.60. The minimum absolute atomic E-state index is 0.105. The Hall–Kier alpha value is -2.44. The number of hydrogen-bond donors (Lipinski definition) is 1. The molecule has 1 aromatic rings. The zero-order chi connectivity index (χ0) is 22.5. The Kier molecular flexibility index (Phi) is 7.61. The second-order valence-electron chi connectivity index (χ2n) is 8.57. The Balaban J connectivity index is 2.08. The van der Waals surface area contributed by atoms with Crippen LogP contribution in [0.25, 0.3) is 0 Å². The number of benzene rings is 1. The average molecular weight is 436 g/mol. The number of rotatable bonds is 6. The molecule has 9 heteroatoms. The van der Waals surface area contributed by atoms with Gasteiger partial charge >= 0.3 is 6.09 Å². The van der Waals surface area contributed by atoms with Crippen LogP contribution in [0.4, 0.5) is 4.79 Å². The molecule has 0 aliphatic carbocycles. The lowest BCUT2D eigenvalue weighted by Gasteiger charge is -2.32. The average Bonchev–Trinajstić information content (AvgIpc) is 2.66. The molecule has 0 radical (unpaired) electrons. The van der Waals surface area contributed by atoms with Crippen molar-refractivity contribution < 1.29 is 22.7 Å². The summed E-state index contributed by atoms with van der Waals surface area (Å²) in [7, 11) is -3.74. The quantitative estimate of drug-likeness (QED) is 0.687. The molecular weight excluding hydrogens is 406 g/mol. The highest BCUT2D eigenvalue weighted by Crippen LogP contribution is 2.24. The van der Waals surface area contributed by atoms with E-state index in [1.165, 1.54) is 22.5 Å². The first-order valence-electron chi connectivity index (χ1n) is 9.94. The minimum atomic E-state index is -3.74. The Labute approximate surface area is 178 Å². The molecule has 0 spiro atoms. The van der Waals surface area contributed by atoms with Crippen LogP contribution in [0, 0.1) is 17.2 Å². The van der Waals surface area contributed by atoms with Gasteiger partial charge in [-0.05, 0) is 63.8 Å². The van der Waals surface area contributed by atoms with Crippen LogP contribution < -0.4 is 5.32 Å². The van der Waals surface area contributed by atoms with Crippen molar-refractivity contribution in [2.75, 3.05) is 13.1 Å². The largest absolute Gasteiger partial charge is 0.444 e. The molecule has 1 saturated heterocycles. The predicted octanol–water partition coefficient (Wildman–Crippen LogP) is 2.61. The van der Waals surface area contributed by atoms with Gasteiger partial charge < -0.3 is 14.8 Å². The van der Waals surface area contributed by atoms with Crippen molar-refractivity contribution in [1.82, 2.24) is 9.62 Å². The molecule has 0 bridgehead atoms. The molecule has 1 N–H and O–H groups in total. The van der Waals surface area contributed by atoms with E-state index in [9.17, 15) is 23.3 Å². The van der Waals surface area contributed by atoms with Gasteiger partial charge in [-0.1, -0.05) is 6.92 Å². The van der Waals surface area contributed by atoms with Crippen molar-refractivity contribution in [3.8, 4) is 6.07 Å². The molecule has 0 aromatic heterocycles. The molecule has 30 heavy (non-hydrogen) atoms. The number of nitrogens with zero attached hydrogens (tertiary/aromatic N) is 2. The maximum absolute atomic E-state index is 13.1. The standard InChI is InChI=1S/C21H29N3O5S/c1-15(14-25)11-17-12-19(6-5-16(17)13-22)30(27,28)24-9-7-18(8-10-24)23-20(26)29-21(2,3)4/h5-6,12,14-15,18H,7-11H2,1-4H3,(H,23,26). The molecule has 1 aromatic carbocycles. The minimum Gasteiger partial charge on any atom is -0.444 e. The highest BCUT2D eigenvalue weighted by atomic mass is 32.2. The number of carbonyl (C=O) groups excluding carboxylic acids is 2. The van der Waals surface area contributed by atoms with E-state index in [0.29, 0.717) is 30.4 Å². The molecule has 1 fully saturated rings. The van der Waals surface area contributed by atoms with Gasteiger partial charge in [0.2, 0.25) is 10.0 Å². The zero-order valence-corrected chi connectivity index (χ0v) is 18.7. The molecule has 1 atom stereocenters. The number of nitrogens with one attached hydrogen (secondary N) is 1. The van der Waals surface area contributed by atoms with E-state index in [4.69, 9.17) is 4.74 Å². The second kappa shape index (κ2) is 9.58. The normalized spacial score (nSPS) is 17.0. The van der Waals surface area contributed by atoms with Crippen LogP contribution >= 0.6 is 0 Å². The van der Waals surface area contributed by atoms with E-state index in [1.54, 1.807) is 27.7 Å². The summed E-state index contributed by atoms with van der Waals surface area (Å²) in [4.78, 5) is 23.0. The van der Waals surface area contributed by atoms with Crippen LogP contribution in [0.3, 0.4) is 0 Å². The van der Waals surface area contributed by atoms with Gasteiger partial charge in [0.15, 0.2) is 0 Å². The van der Waals surface area contributed by atoms with Gasteiger partial charge in [-0.25, -0.2) is 13.2 Å². The van der Waals surface area contributed by atoms with Crippen molar-refractivity contribution >= 4 is 22.4 Å². The zero-order valence-electron chi connectivity index (χ0n) is 17.8. The van der Waals surface area contributed by atoms with E-state index < -0.39 is 21.7 Å². The number of amides is 1. The van der Waals surface area contributed by atoms with Crippen LogP contribution in [0.15, 0.2) is 23.1 Å². The Morgan fingerprint density at radius 3 is 2.53 bits per heavy atom. The molecular formula is C21H29N3O5S. The van der Waals surface area contributed by atoms with Gasteiger partial charge in [-0.2, -0.15) is 9.57 Å². The van der Waals surface area contributed by atoms with Gasteiger partial charge in [0.25, 0.3) is 0 Å². The third-order valence-electron chi connectivity index (χ3n) is 4.78. The summed E-state index contributed by atoms with van der Waals surface area (Å²) in [6.07, 6.45) is 1.53. The van der Waals surface area contributed by atoms with Gasteiger partial charge in [0, 0.05) is 25.0 Å². The maximum atomic E-state index is 13.1. The number of sulfonamides is 1. The number of nitriles is 1. The smallest absolute Gasteiger partial charge is 0.407 e. The van der Waals surface area contributed by atoms with Gasteiger partial charge in [0.05, 0.1) is 16.5 Å². The summed E-state index contributed by atoms with van der Waals surface area (Å²) in [5, 5.41) is 12.1. The summed E-state index contributed by atoms with van der Waals surface area (Å²) in [5.74, 6) is -0.315. The van der Waals surface area contributed by atoms with Gasteiger partial charge in [0.1, 0.15) is 11.9 Å². The highest BCUT2D eigenvalue weighted by Gasteiger charge is 2.31. The van der Waals surface area contributed by atoms with E-state index in [2.05, 4.69) is 5.32 Å². The SMILES string of the molecule is CC(C=O)Cc1cc(S(=O)(=O)N2CCC(NC(=O)OC(C)(C)C)CC2)ccc1C#N. The van der Waals surface area contributed by atoms with Crippen LogP contribution in [0.5, 0.6) is 0 Å². The number of carbonyl (C=O) groups is 2. The van der Waals surface area contributed by atoms with Crippen molar-refractivity contribution in [2.45, 2.75) is 63.5 Å². The molecule has 1 aliphatic rings. The first-order chi connectivity index (χ1) is 14.0. The first-order valence-corrected chi connectivity index (χ1v) is 11.4. The highest BCUT2D eigenvalue weighted by molar-refractivity contribution is 7.89. The molecule has 1 unspecified atom stereocenters. The van der Waals surface area contributed by atoms with E-state index in [-0.39, 0.29) is 29.9 Å². The monoisotopic (exact) mass is 435 g/mol. The molecule has 1 heterocycles. The fourth-order valence-electron chi connectivity index (χ4n) is 3.27. The summed E-state index contributed by atoms with van der Waals surface area (Å²) in [5.41, 5.74) is 0.311. The van der Waals surface area contributed by atoms with Gasteiger partial charge in [-0.15, -0.1) is 0 Å². The number of hydrogen-bond acceptors (Lipinski definition) is 6. The van der Waals surface area contributed by atoms with Crippen molar-refractivity contribution in [3.63, 3.8) is 0 Å². The third kappa shape index (κ3) is 6.28. The van der Waals surface area contributed by atoms with Crippen molar-refractivity contribution in [1.29, 1.82) is 5.26 Å². The predicted molar refractivity (Wildman–Crippen MR) is 111 cm³/mol. The van der Waals surface area contributed by atoms with E-state index in [1.807, 2.05) is 6.07 Å². The third-order valence-corrected chi connectivity index (χ3v) is 6.68. The van der Waals surface area contributed by atoms with Gasteiger partial charge in [-0.3, -0.25) is 0 Å². The number of piperidine rings is 1. The van der Waals surface area contributed by atoms with Crippen LogP contribution in [0.2, 0.25) is 0 Å². The summed E-state index contributed by atoms with van der Waals surface area (Å²) < 4.78 is 32.8. The van der Waals surface area contributed by atoms with Crippen molar-refractivity contribution in [3.05, 3.63) is 29.3 Å². The van der Waals surface area contributed by atoms with Crippen LogP contribution in [0.1, 0.15) is 51.7 Å². The molecule has 164 valence electrons. The lowest BCUT2D eigenvalue weighted by Crippen LogP contribution is -2.47. The van der Waals surface area contributed by atoms with Crippen LogP contribution in [-0.2, 0) is 26.0 Å². The molecule has 1 amide bonds. The Morgan fingerprint density at radius 2 is 2.00 bits per heavy atom.